The van der Waals surface area contributed by atoms with Gasteiger partial charge in [-0.3, -0.25) is 4.79 Å². The third kappa shape index (κ3) is 5.61. The lowest BCUT2D eigenvalue weighted by Gasteiger charge is -2.36. The smallest absolute Gasteiger partial charge is 0.315 e. The number of carbonyl (C=O) groups is 2. The molecule has 0 bridgehead atoms. The number of hydrogen-bond donors (Lipinski definition) is 3. The largest absolute Gasteiger partial charge is 0.481 e. The molecule has 5 nitrogen and oxygen atoms in total. The molecule has 1 fully saturated rings. The minimum Gasteiger partial charge on any atom is -0.481 e. The molecule has 0 unspecified atom stereocenters. The van der Waals surface area contributed by atoms with Gasteiger partial charge < -0.3 is 15.7 Å². The molecule has 0 spiro atoms. The maximum Gasteiger partial charge on any atom is 0.315 e. The van der Waals surface area contributed by atoms with Crippen LogP contribution in [-0.2, 0) is 4.79 Å². The molecule has 1 saturated carbocycles. The first-order chi connectivity index (χ1) is 9.29. The van der Waals surface area contributed by atoms with Crippen LogP contribution in [0.15, 0.2) is 0 Å². The van der Waals surface area contributed by atoms with Gasteiger partial charge in [0.2, 0.25) is 0 Å². The Kier molecular flexibility index (Phi) is 6.17. The Bertz CT molecular complexity index is 352. The Morgan fingerprint density at radius 1 is 1.25 bits per heavy atom. The van der Waals surface area contributed by atoms with Crippen molar-refractivity contribution in [3.8, 4) is 0 Å². The zero-order chi connectivity index (χ0) is 15.2. The van der Waals surface area contributed by atoms with E-state index < -0.39 is 11.5 Å². The van der Waals surface area contributed by atoms with Gasteiger partial charge in [0.15, 0.2) is 0 Å². The van der Waals surface area contributed by atoms with E-state index in [-0.39, 0.29) is 17.2 Å². The van der Waals surface area contributed by atoms with E-state index in [9.17, 15) is 9.59 Å². The number of carboxylic acids is 1. The standard InChI is InChI=1S/C14H26N2O3S/c1-13(2,9-11(17)18)16-12(19)15-10-14(20-3)7-5-4-6-8-14/h4-10H2,1-3H3,(H,17,18)(H2,15,16,19). The molecule has 1 aliphatic carbocycles. The summed E-state index contributed by atoms with van der Waals surface area (Å²) < 4.78 is 0.145. The lowest BCUT2D eigenvalue weighted by atomic mass is 9.88. The summed E-state index contributed by atoms with van der Waals surface area (Å²) in [5.74, 6) is -0.914. The van der Waals surface area contributed by atoms with Crippen LogP contribution in [0.5, 0.6) is 0 Å². The fraction of sp³-hybridized carbons (Fsp3) is 0.857. The van der Waals surface area contributed by atoms with Gasteiger partial charge in [0, 0.05) is 16.8 Å². The number of nitrogens with one attached hydrogen (secondary N) is 2. The summed E-state index contributed by atoms with van der Waals surface area (Å²) in [6.45, 7) is 4.07. The van der Waals surface area contributed by atoms with Crippen molar-refractivity contribution in [3.05, 3.63) is 0 Å². The molecule has 0 aromatic heterocycles. The highest BCUT2D eigenvalue weighted by Crippen LogP contribution is 2.37. The summed E-state index contributed by atoms with van der Waals surface area (Å²) >= 11 is 1.83. The molecule has 1 rings (SSSR count). The van der Waals surface area contributed by atoms with Crippen LogP contribution in [0.3, 0.4) is 0 Å². The van der Waals surface area contributed by atoms with Gasteiger partial charge in [0.05, 0.1) is 6.42 Å². The molecule has 3 N–H and O–H groups in total. The highest BCUT2D eigenvalue weighted by Gasteiger charge is 2.32. The number of aliphatic carboxylic acids is 1. The second kappa shape index (κ2) is 7.20. The van der Waals surface area contributed by atoms with Crippen molar-refractivity contribution in [1.82, 2.24) is 10.6 Å². The van der Waals surface area contributed by atoms with Crippen LogP contribution in [0.25, 0.3) is 0 Å². The average Bonchev–Trinajstić information content (AvgIpc) is 2.35. The van der Waals surface area contributed by atoms with E-state index in [4.69, 9.17) is 5.11 Å². The van der Waals surface area contributed by atoms with Crippen LogP contribution in [0, 0.1) is 0 Å². The number of hydrogen-bond acceptors (Lipinski definition) is 3. The van der Waals surface area contributed by atoms with Crippen molar-refractivity contribution >= 4 is 23.8 Å². The lowest BCUT2D eigenvalue weighted by Crippen LogP contribution is -2.52. The van der Waals surface area contributed by atoms with Crippen molar-refractivity contribution in [2.75, 3.05) is 12.8 Å². The van der Waals surface area contributed by atoms with Crippen LogP contribution in [0.2, 0.25) is 0 Å². The highest BCUT2D eigenvalue weighted by molar-refractivity contribution is 8.00. The quantitative estimate of drug-likeness (QED) is 0.704. The van der Waals surface area contributed by atoms with Crippen LogP contribution in [0.1, 0.15) is 52.4 Å². The predicted octanol–water partition coefficient (Wildman–Crippen LogP) is 2.60. The molecule has 0 saturated heterocycles. The lowest BCUT2D eigenvalue weighted by molar-refractivity contribution is -0.138. The number of urea groups is 1. The molecule has 2 amide bonds. The molecule has 0 radical (unpaired) electrons. The molecule has 6 heteroatoms. The summed E-state index contributed by atoms with van der Waals surface area (Å²) in [5.41, 5.74) is -0.741. The third-order valence-electron chi connectivity index (χ3n) is 3.81. The molecule has 116 valence electrons. The normalized spacial score (nSPS) is 18.4. The average molecular weight is 302 g/mol. The Morgan fingerprint density at radius 2 is 1.85 bits per heavy atom. The molecule has 0 aliphatic heterocycles. The van der Waals surface area contributed by atoms with Gasteiger partial charge in [-0.2, -0.15) is 11.8 Å². The summed E-state index contributed by atoms with van der Waals surface area (Å²) in [6, 6.07) is -0.282. The number of amides is 2. The Balaban J connectivity index is 2.44. The molecule has 20 heavy (non-hydrogen) atoms. The summed E-state index contributed by atoms with van der Waals surface area (Å²) in [6.07, 6.45) is 7.98. The summed E-state index contributed by atoms with van der Waals surface area (Å²) in [5, 5.41) is 14.4. The predicted molar refractivity (Wildman–Crippen MR) is 82.2 cm³/mol. The van der Waals surface area contributed by atoms with E-state index in [1.54, 1.807) is 13.8 Å². The van der Waals surface area contributed by atoms with Gasteiger partial charge >= 0.3 is 12.0 Å². The summed E-state index contributed by atoms with van der Waals surface area (Å²) in [7, 11) is 0. The number of rotatable bonds is 6. The molecule has 0 aromatic rings. The Labute approximate surface area is 125 Å². The molecule has 0 heterocycles. The number of carbonyl (C=O) groups excluding carboxylic acids is 1. The fourth-order valence-electron chi connectivity index (χ4n) is 2.66. The molecular formula is C14H26N2O3S. The highest BCUT2D eigenvalue weighted by atomic mass is 32.2. The van der Waals surface area contributed by atoms with Gasteiger partial charge in [-0.05, 0) is 32.9 Å². The minimum absolute atomic E-state index is 0.0892. The number of thioether (sulfide) groups is 1. The first-order valence-electron chi connectivity index (χ1n) is 7.12. The zero-order valence-electron chi connectivity index (χ0n) is 12.6. The van der Waals surface area contributed by atoms with Crippen LogP contribution in [-0.4, -0.2) is 40.2 Å². The Morgan fingerprint density at radius 3 is 2.35 bits per heavy atom. The van der Waals surface area contributed by atoms with E-state index in [2.05, 4.69) is 16.9 Å². The fourth-order valence-corrected chi connectivity index (χ4v) is 3.58. The Hall–Kier alpha value is -0.910. The van der Waals surface area contributed by atoms with E-state index in [0.29, 0.717) is 6.54 Å². The van der Waals surface area contributed by atoms with Crippen molar-refractivity contribution in [2.45, 2.75) is 62.7 Å². The van der Waals surface area contributed by atoms with E-state index in [0.717, 1.165) is 12.8 Å². The van der Waals surface area contributed by atoms with Crippen LogP contribution in [0.4, 0.5) is 4.79 Å². The number of carboxylic acid groups (broad SMARTS) is 1. The molecule has 0 aromatic carbocycles. The summed E-state index contributed by atoms with van der Waals surface area (Å²) in [4.78, 5) is 22.6. The molecule has 0 atom stereocenters. The maximum atomic E-state index is 11.9. The first-order valence-corrected chi connectivity index (χ1v) is 8.34. The first kappa shape index (κ1) is 17.1. The maximum absolute atomic E-state index is 11.9. The van der Waals surface area contributed by atoms with E-state index in [1.165, 1.54) is 19.3 Å². The zero-order valence-corrected chi connectivity index (χ0v) is 13.4. The van der Waals surface area contributed by atoms with Crippen LogP contribution < -0.4 is 10.6 Å². The van der Waals surface area contributed by atoms with Gasteiger partial charge in [0.25, 0.3) is 0 Å². The minimum atomic E-state index is -0.914. The van der Waals surface area contributed by atoms with Gasteiger partial charge in [-0.25, -0.2) is 4.79 Å². The van der Waals surface area contributed by atoms with Crippen molar-refractivity contribution in [2.24, 2.45) is 0 Å². The van der Waals surface area contributed by atoms with Crippen LogP contribution >= 0.6 is 11.8 Å². The second-order valence-electron chi connectivity index (χ2n) is 6.21. The van der Waals surface area contributed by atoms with E-state index >= 15 is 0 Å². The topological polar surface area (TPSA) is 78.4 Å². The van der Waals surface area contributed by atoms with Crippen molar-refractivity contribution < 1.29 is 14.7 Å². The van der Waals surface area contributed by atoms with Gasteiger partial charge in [-0.15, -0.1) is 0 Å². The van der Waals surface area contributed by atoms with Crippen molar-refractivity contribution in [3.63, 3.8) is 0 Å². The SMILES string of the molecule is CSC1(CNC(=O)NC(C)(C)CC(=O)O)CCCCC1. The van der Waals surface area contributed by atoms with Gasteiger partial charge in [-0.1, -0.05) is 19.3 Å². The second-order valence-corrected chi connectivity index (χ2v) is 7.48. The monoisotopic (exact) mass is 302 g/mol. The third-order valence-corrected chi connectivity index (χ3v) is 5.23. The van der Waals surface area contributed by atoms with E-state index in [1.807, 2.05) is 11.8 Å². The van der Waals surface area contributed by atoms with Gasteiger partial charge in [0.1, 0.15) is 0 Å². The molecular weight excluding hydrogens is 276 g/mol. The van der Waals surface area contributed by atoms with Crippen molar-refractivity contribution in [1.29, 1.82) is 0 Å². The molecule has 1 aliphatic rings.